The number of aromatic amines is 1. The maximum Gasteiger partial charge on any atom is 0.252 e. The molecule has 1 saturated carbocycles. The highest BCUT2D eigenvalue weighted by Gasteiger charge is 2.36. The molecule has 1 atom stereocenters. The van der Waals surface area contributed by atoms with Gasteiger partial charge in [0.25, 0.3) is 5.91 Å². The lowest BCUT2D eigenvalue weighted by Crippen LogP contribution is -2.41. The molecule has 0 bridgehead atoms. The lowest BCUT2D eigenvalue weighted by atomic mass is 9.75. The van der Waals surface area contributed by atoms with Crippen molar-refractivity contribution in [2.45, 2.75) is 25.0 Å². The second kappa shape index (κ2) is 6.42. The molecule has 3 N–H and O–H groups in total. The van der Waals surface area contributed by atoms with E-state index in [0.717, 1.165) is 5.56 Å². The summed E-state index contributed by atoms with van der Waals surface area (Å²) in [6.45, 7) is 0. The first-order chi connectivity index (χ1) is 12.5. The Balaban J connectivity index is 1.68. The summed E-state index contributed by atoms with van der Waals surface area (Å²) in [4.78, 5) is 27.6. The molecular weight excluding hydrogens is 332 g/mol. The number of H-pyrrole nitrogens is 1. The Labute approximate surface area is 149 Å². The molecule has 1 amide bonds. The van der Waals surface area contributed by atoms with Gasteiger partial charge in [-0.25, -0.2) is 0 Å². The number of aliphatic hydroxyl groups is 1. The van der Waals surface area contributed by atoms with E-state index in [4.69, 9.17) is 0 Å². The lowest BCUT2D eigenvalue weighted by Gasteiger charge is -2.37. The number of aromatic nitrogens is 3. The minimum atomic E-state index is -0.323. The van der Waals surface area contributed by atoms with Crippen LogP contribution in [0.5, 0.6) is 0 Å². The zero-order valence-corrected chi connectivity index (χ0v) is 14.3. The molecule has 4 rings (SSSR count). The third kappa shape index (κ3) is 3.01. The van der Waals surface area contributed by atoms with E-state index in [1.165, 1.54) is 6.07 Å². The maximum atomic E-state index is 13.0. The predicted molar refractivity (Wildman–Crippen MR) is 96.7 cm³/mol. The first kappa shape index (κ1) is 16.5. The molecule has 1 fully saturated rings. The summed E-state index contributed by atoms with van der Waals surface area (Å²) in [6.07, 6.45) is 4.54. The van der Waals surface area contributed by atoms with E-state index in [1.807, 2.05) is 31.4 Å². The number of rotatable bonds is 4. The molecule has 1 aliphatic carbocycles. The summed E-state index contributed by atoms with van der Waals surface area (Å²) in [6, 6.07) is 8.30. The van der Waals surface area contributed by atoms with Crippen molar-refractivity contribution in [1.29, 1.82) is 0 Å². The van der Waals surface area contributed by atoms with E-state index < -0.39 is 0 Å². The number of nitrogens with one attached hydrogen (secondary N) is 2. The summed E-state index contributed by atoms with van der Waals surface area (Å²) in [5.74, 6) is -0.158. The fraction of sp³-hybridized carbons (Fsp3) is 0.316. The highest BCUT2D eigenvalue weighted by atomic mass is 16.3. The van der Waals surface area contributed by atoms with Gasteiger partial charge < -0.3 is 15.4 Å². The van der Waals surface area contributed by atoms with Gasteiger partial charge in [0.2, 0.25) is 5.56 Å². The van der Waals surface area contributed by atoms with Crippen LogP contribution >= 0.6 is 0 Å². The van der Waals surface area contributed by atoms with Gasteiger partial charge in [0, 0.05) is 35.8 Å². The van der Waals surface area contributed by atoms with Gasteiger partial charge in [0.1, 0.15) is 0 Å². The Morgan fingerprint density at radius 2 is 2.15 bits per heavy atom. The van der Waals surface area contributed by atoms with E-state index in [1.54, 1.807) is 16.9 Å². The highest BCUT2D eigenvalue weighted by Crippen LogP contribution is 2.38. The molecule has 0 radical (unpaired) electrons. The molecule has 0 saturated heterocycles. The zero-order chi connectivity index (χ0) is 18.3. The molecule has 1 unspecified atom stereocenters. The van der Waals surface area contributed by atoms with Gasteiger partial charge >= 0.3 is 0 Å². The van der Waals surface area contributed by atoms with Crippen LogP contribution in [0.15, 0.2) is 47.5 Å². The Hall–Kier alpha value is -2.93. The lowest BCUT2D eigenvalue weighted by molar-refractivity contribution is 0.0235. The number of hydrogen-bond acceptors (Lipinski definition) is 4. The van der Waals surface area contributed by atoms with Crippen LogP contribution in [0.4, 0.5) is 0 Å². The van der Waals surface area contributed by atoms with Crippen molar-refractivity contribution in [1.82, 2.24) is 20.1 Å². The molecule has 2 aromatic heterocycles. The van der Waals surface area contributed by atoms with Crippen molar-refractivity contribution in [2.24, 2.45) is 13.0 Å². The Morgan fingerprint density at radius 3 is 2.85 bits per heavy atom. The summed E-state index contributed by atoms with van der Waals surface area (Å²) in [5.41, 5.74) is 1.55. The molecule has 1 aliphatic rings. The van der Waals surface area contributed by atoms with Crippen LogP contribution in [0.25, 0.3) is 10.9 Å². The molecule has 3 aromatic rings. The maximum absolute atomic E-state index is 13.0. The van der Waals surface area contributed by atoms with Gasteiger partial charge in [0.05, 0.1) is 23.9 Å². The Morgan fingerprint density at radius 1 is 1.38 bits per heavy atom. The SMILES string of the molecule is Cn1cc(C(NC(=O)c2cc(=O)[nH]c3ccccc23)C2CC(O)C2)cn1. The molecular formula is C19H20N4O3. The van der Waals surface area contributed by atoms with Crippen molar-refractivity contribution in [3.8, 4) is 0 Å². The van der Waals surface area contributed by atoms with Crippen molar-refractivity contribution in [3.63, 3.8) is 0 Å². The van der Waals surface area contributed by atoms with Crippen LogP contribution in [0.1, 0.15) is 34.8 Å². The quantitative estimate of drug-likeness (QED) is 0.662. The van der Waals surface area contributed by atoms with Crippen molar-refractivity contribution in [2.75, 3.05) is 0 Å². The number of benzene rings is 1. The van der Waals surface area contributed by atoms with E-state index in [9.17, 15) is 14.7 Å². The van der Waals surface area contributed by atoms with E-state index in [0.29, 0.717) is 29.3 Å². The topological polar surface area (TPSA) is 100 Å². The van der Waals surface area contributed by atoms with Crippen molar-refractivity contribution < 1.29 is 9.90 Å². The van der Waals surface area contributed by atoms with Crippen LogP contribution in [-0.2, 0) is 7.05 Å². The third-order valence-electron chi connectivity index (χ3n) is 4.99. The van der Waals surface area contributed by atoms with Crippen LogP contribution in [-0.4, -0.2) is 31.9 Å². The highest BCUT2D eigenvalue weighted by molar-refractivity contribution is 6.06. The van der Waals surface area contributed by atoms with Gasteiger partial charge in [-0.2, -0.15) is 5.10 Å². The minimum absolute atomic E-state index is 0.145. The minimum Gasteiger partial charge on any atom is -0.393 e. The summed E-state index contributed by atoms with van der Waals surface area (Å²) in [7, 11) is 1.82. The second-order valence-electron chi connectivity index (χ2n) is 6.88. The molecule has 7 nitrogen and oxygen atoms in total. The first-order valence-electron chi connectivity index (χ1n) is 8.61. The number of amides is 1. The average molecular weight is 352 g/mol. The second-order valence-corrected chi connectivity index (χ2v) is 6.88. The molecule has 0 spiro atoms. The molecule has 2 heterocycles. The predicted octanol–water partition coefficient (Wildman–Crippen LogP) is 1.50. The fourth-order valence-corrected chi connectivity index (χ4v) is 3.59. The van der Waals surface area contributed by atoms with Crippen LogP contribution in [0.3, 0.4) is 0 Å². The van der Waals surface area contributed by atoms with E-state index in [-0.39, 0.29) is 29.5 Å². The van der Waals surface area contributed by atoms with Gasteiger partial charge in [-0.05, 0) is 24.8 Å². The van der Waals surface area contributed by atoms with Gasteiger partial charge in [-0.3, -0.25) is 14.3 Å². The van der Waals surface area contributed by atoms with Crippen LogP contribution in [0.2, 0.25) is 0 Å². The smallest absolute Gasteiger partial charge is 0.252 e. The normalized spacial score (nSPS) is 20.5. The largest absolute Gasteiger partial charge is 0.393 e. The number of fused-ring (bicyclic) bond motifs is 1. The fourth-order valence-electron chi connectivity index (χ4n) is 3.59. The molecule has 0 aliphatic heterocycles. The van der Waals surface area contributed by atoms with Crippen molar-refractivity contribution in [3.05, 3.63) is 64.2 Å². The molecule has 26 heavy (non-hydrogen) atoms. The van der Waals surface area contributed by atoms with E-state index >= 15 is 0 Å². The third-order valence-corrected chi connectivity index (χ3v) is 4.99. The summed E-state index contributed by atoms with van der Waals surface area (Å²) in [5, 5.41) is 17.6. The summed E-state index contributed by atoms with van der Waals surface area (Å²) >= 11 is 0. The monoisotopic (exact) mass is 352 g/mol. The Kier molecular flexibility index (Phi) is 4.08. The standard InChI is InChI=1S/C19H20N4O3/c1-23-10-12(9-20-23)18(11-6-13(24)7-11)22-19(26)15-8-17(25)21-16-5-3-2-4-14(15)16/h2-5,8-11,13,18,24H,6-7H2,1H3,(H,21,25)(H,22,26). The van der Waals surface area contributed by atoms with Gasteiger partial charge in [-0.1, -0.05) is 18.2 Å². The molecule has 134 valence electrons. The number of aryl methyl sites for hydroxylation is 1. The first-order valence-corrected chi connectivity index (χ1v) is 8.61. The summed E-state index contributed by atoms with van der Waals surface area (Å²) < 4.78 is 1.69. The number of para-hydroxylation sites is 1. The number of pyridine rings is 1. The van der Waals surface area contributed by atoms with Gasteiger partial charge in [-0.15, -0.1) is 0 Å². The number of carbonyl (C=O) groups excluding carboxylic acids is 1. The Bertz CT molecular complexity index is 1020. The number of carbonyl (C=O) groups is 1. The zero-order valence-electron chi connectivity index (χ0n) is 14.3. The average Bonchev–Trinajstić information content (AvgIpc) is 3.02. The molecule has 7 heteroatoms. The van der Waals surface area contributed by atoms with Crippen LogP contribution in [0, 0.1) is 5.92 Å². The number of hydrogen-bond donors (Lipinski definition) is 3. The van der Waals surface area contributed by atoms with E-state index in [2.05, 4.69) is 15.4 Å². The van der Waals surface area contributed by atoms with Gasteiger partial charge in [0.15, 0.2) is 0 Å². The number of nitrogens with zero attached hydrogens (tertiary/aromatic N) is 2. The van der Waals surface area contributed by atoms with Crippen LogP contribution < -0.4 is 10.9 Å². The molecule has 1 aromatic carbocycles. The number of aliphatic hydroxyl groups excluding tert-OH is 1. The van der Waals surface area contributed by atoms with Crippen molar-refractivity contribution >= 4 is 16.8 Å².